The predicted molar refractivity (Wildman–Crippen MR) is 70.7 cm³/mol. The van der Waals surface area contributed by atoms with Crippen LogP contribution in [-0.4, -0.2) is 12.1 Å². The number of urea groups is 1. The normalized spacial score (nSPS) is 11.9. The van der Waals surface area contributed by atoms with Crippen LogP contribution in [0.2, 0.25) is 0 Å². The minimum absolute atomic E-state index is 0.159. The Bertz CT molecular complexity index is 355. The van der Waals surface area contributed by atoms with E-state index in [-0.39, 0.29) is 12.1 Å². The molecule has 2 N–H and O–H groups in total. The number of halogens is 1. The first-order valence-electron chi connectivity index (χ1n) is 5.45. The van der Waals surface area contributed by atoms with Gasteiger partial charge in [-0.3, -0.25) is 0 Å². The van der Waals surface area contributed by atoms with E-state index in [0.29, 0.717) is 0 Å². The molecule has 1 rings (SSSR count). The fourth-order valence-corrected chi connectivity index (χ4v) is 1.83. The maximum absolute atomic E-state index is 11.6. The lowest BCUT2D eigenvalue weighted by Crippen LogP contribution is -2.36. The van der Waals surface area contributed by atoms with Crippen LogP contribution < -0.4 is 10.6 Å². The highest BCUT2D eigenvalue weighted by Gasteiger charge is 2.07. The molecule has 16 heavy (non-hydrogen) atoms. The van der Waals surface area contributed by atoms with Crippen molar-refractivity contribution in [2.24, 2.45) is 0 Å². The number of carbonyl (C=O) groups is 1. The van der Waals surface area contributed by atoms with E-state index in [1.54, 1.807) is 0 Å². The molecule has 1 aromatic carbocycles. The Hall–Kier alpha value is -1.03. The van der Waals surface area contributed by atoms with Gasteiger partial charge >= 0.3 is 6.03 Å². The summed E-state index contributed by atoms with van der Waals surface area (Å²) in [5.41, 5.74) is 0.781. The van der Waals surface area contributed by atoms with Crippen LogP contribution in [0.3, 0.4) is 0 Å². The van der Waals surface area contributed by atoms with Crippen LogP contribution in [-0.2, 0) is 0 Å². The lowest BCUT2D eigenvalue weighted by atomic mass is 10.2. The standard InChI is InChI=1S/C12H17BrN2O/c1-3-6-9(2)14-12(16)15-11-8-5-4-7-10(11)13/h4-5,7-9H,3,6H2,1-2H3,(H2,14,15,16). The van der Waals surface area contributed by atoms with Crippen molar-refractivity contribution >= 4 is 27.6 Å². The summed E-state index contributed by atoms with van der Waals surface area (Å²) in [4.78, 5) is 11.6. The highest BCUT2D eigenvalue weighted by Crippen LogP contribution is 2.20. The number of amides is 2. The molecule has 0 saturated carbocycles. The highest BCUT2D eigenvalue weighted by molar-refractivity contribution is 9.10. The van der Waals surface area contributed by atoms with Crippen LogP contribution in [0.5, 0.6) is 0 Å². The zero-order valence-corrected chi connectivity index (χ0v) is 11.2. The van der Waals surface area contributed by atoms with E-state index in [1.807, 2.05) is 31.2 Å². The molecule has 0 saturated heterocycles. The number of hydrogen-bond donors (Lipinski definition) is 2. The minimum Gasteiger partial charge on any atom is -0.335 e. The maximum Gasteiger partial charge on any atom is 0.319 e. The summed E-state index contributed by atoms with van der Waals surface area (Å²) in [6.07, 6.45) is 2.06. The summed E-state index contributed by atoms with van der Waals surface area (Å²) in [6.45, 7) is 4.10. The third-order valence-electron chi connectivity index (χ3n) is 2.22. The Morgan fingerprint density at radius 2 is 2.12 bits per heavy atom. The van der Waals surface area contributed by atoms with Crippen molar-refractivity contribution < 1.29 is 4.79 Å². The Labute approximate surface area is 105 Å². The molecule has 0 aliphatic heterocycles. The van der Waals surface area contributed by atoms with Crippen molar-refractivity contribution in [1.29, 1.82) is 0 Å². The van der Waals surface area contributed by atoms with Crippen LogP contribution >= 0.6 is 15.9 Å². The molecule has 2 amide bonds. The smallest absolute Gasteiger partial charge is 0.319 e. The van der Waals surface area contributed by atoms with Crippen molar-refractivity contribution in [3.8, 4) is 0 Å². The van der Waals surface area contributed by atoms with Crippen LogP contribution in [0.4, 0.5) is 10.5 Å². The van der Waals surface area contributed by atoms with Crippen molar-refractivity contribution in [2.45, 2.75) is 32.7 Å². The van der Waals surface area contributed by atoms with E-state index in [4.69, 9.17) is 0 Å². The fraction of sp³-hybridized carbons (Fsp3) is 0.417. The number of hydrogen-bond acceptors (Lipinski definition) is 1. The van der Waals surface area contributed by atoms with Gasteiger partial charge in [-0.2, -0.15) is 0 Å². The SMILES string of the molecule is CCCC(C)NC(=O)Nc1ccccc1Br. The highest BCUT2D eigenvalue weighted by atomic mass is 79.9. The Morgan fingerprint density at radius 1 is 1.44 bits per heavy atom. The van der Waals surface area contributed by atoms with Gasteiger partial charge in [-0.1, -0.05) is 25.5 Å². The van der Waals surface area contributed by atoms with Gasteiger partial charge in [-0.15, -0.1) is 0 Å². The van der Waals surface area contributed by atoms with Crippen molar-refractivity contribution in [1.82, 2.24) is 5.32 Å². The van der Waals surface area contributed by atoms with Gasteiger partial charge in [0.15, 0.2) is 0 Å². The molecule has 0 bridgehead atoms. The number of nitrogens with one attached hydrogen (secondary N) is 2. The number of carbonyl (C=O) groups excluding carboxylic acids is 1. The monoisotopic (exact) mass is 284 g/mol. The van der Waals surface area contributed by atoms with Crippen LogP contribution in [0, 0.1) is 0 Å². The first-order chi connectivity index (χ1) is 7.63. The molecule has 1 aromatic rings. The summed E-state index contributed by atoms with van der Waals surface area (Å²) >= 11 is 3.38. The van der Waals surface area contributed by atoms with Crippen molar-refractivity contribution in [3.05, 3.63) is 28.7 Å². The molecule has 1 atom stereocenters. The topological polar surface area (TPSA) is 41.1 Å². The van der Waals surface area contributed by atoms with Crippen LogP contribution in [0.1, 0.15) is 26.7 Å². The lowest BCUT2D eigenvalue weighted by Gasteiger charge is -2.14. The molecule has 0 aromatic heterocycles. The zero-order valence-electron chi connectivity index (χ0n) is 9.59. The fourth-order valence-electron chi connectivity index (χ4n) is 1.45. The van der Waals surface area contributed by atoms with Gasteiger partial charge in [0.05, 0.1) is 5.69 Å². The molecule has 0 aliphatic carbocycles. The van der Waals surface area contributed by atoms with E-state index < -0.39 is 0 Å². The van der Waals surface area contributed by atoms with E-state index in [2.05, 4.69) is 33.5 Å². The molecule has 0 heterocycles. The molecule has 0 aliphatic rings. The number of rotatable bonds is 4. The molecule has 88 valence electrons. The molecular formula is C12H17BrN2O. The Kier molecular flexibility index (Phi) is 5.32. The summed E-state index contributed by atoms with van der Waals surface area (Å²) in [5, 5.41) is 5.69. The van der Waals surface area contributed by atoms with E-state index >= 15 is 0 Å². The average molecular weight is 285 g/mol. The Balaban J connectivity index is 2.49. The second kappa shape index (κ2) is 6.53. The van der Waals surface area contributed by atoms with E-state index in [0.717, 1.165) is 23.0 Å². The number of benzene rings is 1. The summed E-state index contributed by atoms with van der Waals surface area (Å²) in [5.74, 6) is 0. The van der Waals surface area contributed by atoms with Crippen LogP contribution in [0.15, 0.2) is 28.7 Å². The lowest BCUT2D eigenvalue weighted by molar-refractivity contribution is 0.248. The van der Waals surface area contributed by atoms with E-state index in [9.17, 15) is 4.79 Å². The number of anilines is 1. The van der Waals surface area contributed by atoms with Gasteiger partial charge in [0.1, 0.15) is 0 Å². The second-order valence-electron chi connectivity index (χ2n) is 3.77. The largest absolute Gasteiger partial charge is 0.335 e. The molecule has 4 heteroatoms. The quantitative estimate of drug-likeness (QED) is 0.869. The Morgan fingerprint density at radius 3 is 2.75 bits per heavy atom. The van der Waals surface area contributed by atoms with Gasteiger partial charge in [0, 0.05) is 10.5 Å². The van der Waals surface area contributed by atoms with Gasteiger partial charge in [0.2, 0.25) is 0 Å². The molecule has 3 nitrogen and oxygen atoms in total. The second-order valence-corrected chi connectivity index (χ2v) is 4.62. The third kappa shape index (κ3) is 4.23. The maximum atomic E-state index is 11.6. The first kappa shape index (κ1) is 13.0. The molecule has 0 fully saturated rings. The van der Waals surface area contributed by atoms with Gasteiger partial charge in [-0.05, 0) is 41.4 Å². The molecule has 1 unspecified atom stereocenters. The third-order valence-corrected chi connectivity index (χ3v) is 2.91. The first-order valence-corrected chi connectivity index (χ1v) is 6.24. The van der Waals surface area contributed by atoms with Crippen molar-refractivity contribution in [2.75, 3.05) is 5.32 Å². The van der Waals surface area contributed by atoms with Gasteiger partial charge in [-0.25, -0.2) is 4.79 Å². The van der Waals surface area contributed by atoms with Gasteiger partial charge < -0.3 is 10.6 Å². The summed E-state index contributed by atoms with van der Waals surface area (Å²) in [6, 6.07) is 7.59. The predicted octanol–water partition coefficient (Wildman–Crippen LogP) is 3.76. The minimum atomic E-state index is -0.159. The molecular weight excluding hydrogens is 268 g/mol. The zero-order chi connectivity index (χ0) is 12.0. The van der Waals surface area contributed by atoms with E-state index in [1.165, 1.54) is 0 Å². The number of para-hydroxylation sites is 1. The molecule has 0 spiro atoms. The molecule has 0 radical (unpaired) electrons. The van der Waals surface area contributed by atoms with Crippen LogP contribution in [0.25, 0.3) is 0 Å². The average Bonchev–Trinajstić information content (AvgIpc) is 2.21. The summed E-state index contributed by atoms with van der Waals surface area (Å²) in [7, 11) is 0. The van der Waals surface area contributed by atoms with Crippen molar-refractivity contribution in [3.63, 3.8) is 0 Å². The van der Waals surface area contributed by atoms with Gasteiger partial charge in [0.25, 0.3) is 0 Å². The summed E-state index contributed by atoms with van der Waals surface area (Å²) < 4.78 is 0.883.